The number of benzene rings is 3. The fourth-order valence-electron chi connectivity index (χ4n) is 3.59. The van der Waals surface area contributed by atoms with Crippen LogP contribution in [0.4, 0.5) is 0 Å². The van der Waals surface area contributed by atoms with Gasteiger partial charge in [-0.2, -0.15) is 0 Å². The summed E-state index contributed by atoms with van der Waals surface area (Å²) in [5, 5.41) is 2.27. The van der Waals surface area contributed by atoms with Gasteiger partial charge in [0.1, 0.15) is 11.5 Å². The predicted octanol–water partition coefficient (Wildman–Crippen LogP) is 5.99. The van der Waals surface area contributed by atoms with E-state index in [2.05, 4.69) is 46.9 Å². The molecule has 134 valence electrons. The van der Waals surface area contributed by atoms with Crippen LogP contribution in [0, 0.1) is 3.57 Å². The number of ketones is 1. The van der Waals surface area contributed by atoms with Crippen LogP contribution in [0.2, 0.25) is 0 Å². The molecule has 0 N–H and O–H groups in total. The summed E-state index contributed by atoms with van der Waals surface area (Å²) in [7, 11) is 0. The monoisotopic (exact) mass is 474 g/mol. The zero-order chi connectivity index (χ0) is 19.1. The SMILES string of the molecule is O=C(c1ccccc1I)c1nc(-c2cccc3ccccc23)n2ccccc12. The first kappa shape index (κ1) is 17.1. The molecule has 4 heteroatoms. The zero-order valence-electron chi connectivity index (χ0n) is 14.8. The fourth-order valence-corrected chi connectivity index (χ4v) is 4.22. The van der Waals surface area contributed by atoms with Crippen LogP contribution < -0.4 is 0 Å². The molecule has 2 aromatic heterocycles. The highest BCUT2D eigenvalue weighted by atomic mass is 127. The number of rotatable bonds is 3. The van der Waals surface area contributed by atoms with Gasteiger partial charge >= 0.3 is 0 Å². The van der Waals surface area contributed by atoms with Crippen LogP contribution in [-0.2, 0) is 0 Å². The standard InChI is InChI=1S/C24H15IN2O/c25-20-13-4-3-11-19(20)23(28)22-21-14-5-6-15-27(21)24(26-22)18-12-7-9-16-8-1-2-10-17(16)18/h1-15H. The second-order valence-corrected chi connectivity index (χ2v) is 7.74. The van der Waals surface area contributed by atoms with Crippen molar-refractivity contribution < 1.29 is 4.79 Å². The molecule has 0 fully saturated rings. The average Bonchev–Trinajstić information content (AvgIpc) is 3.13. The molecule has 28 heavy (non-hydrogen) atoms. The predicted molar refractivity (Wildman–Crippen MR) is 121 cm³/mol. The third-order valence-electron chi connectivity index (χ3n) is 4.91. The maximum atomic E-state index is 13.3. The largest absolute Gasteiger partial charge is 0.299 e. The van der Waals surface area contributed by atoms with E-state index in [1.54, 1.807) is 0 Å². The summed E-state index contributed by atoms with van der Waals surface area (Å²) in [5.41, 5.74) is 2.99. The molecule has 0 saturated carbocycles. The first-order valence-electron chi connectivity index (χ1n) is 8.98. The molecule has 0 radical (unpaired) electrons. The summed E-state index contributed by atoms with van der Waals surface area (Å²) in [5.74, 6) is 0.724. The highest BCUT2D eigenvalue weighted by Crippen LogP contribution is 2.30. The van der Waals surface area contributed by atoms with Gasteiger partial charge in [0, 0.05) is 20.9 Å². The van der Waals surface area contributed by atoms with Gasteiger partial charge in [-0.1, -0.05) is 60.7 Å². The van der Waals surface area contributed by atoms with Gasteiger partial charge in [-0.05, 0) is 57.6 Å². The van der Waals surface area contributed by atoms with Gasteiger partial charge in [0.25, 0.3) is 0 Å². The molecule has 0 bridgehead atoms. The lowest BCUT2D eigenvalue weighted by atomic mass is 10.0. The number of hydrogen-bond donors (Lipinski definition) is 0. The molecular formula is C24H15IN2O. The zero-order valence-corrected chi connectivity index (χ0v) is 17.0. The molecule has 5 rings (SSSR count). The van der Waals surface area contributed by atoms with Crippen molar-refractivity contribution in [1.29, 1.82) is 0 Å². The summed E-state index contributed by atoms with van der Waals surface area (Å²) >= 11 is 2.20. The van der Waals surface area contributed by atoms with E-state index in [9.17, 15) is 4.79 Å². The van der Waals surface area contributed by atoms with E-state index >= 15 is 0 Å². The highest BCUT2D eigenvalue weighted by Gasteiger charge is 2.21. The van der Waals surface area contributed by atoms with Gasteiger partial charge < -0.3 is 0 Å². The Hall–Kier alpha value is -2.99. The van der Waals surface area contributed by atoms with Crippen LogP contribution in [0.3, 0.4) is 0 Å². The van der Waals surface area contributed by atoms with Crippen molar-refractivity contribution in [1.82, 2.24) is 9.38 Å². The molecule has 0 aliphatic heterocycles. The van der Waals surface area contributed by atoms with Gasteiger partial charge in [0.05, 0.1) is 5.52 Å². The average molecular weight is 474 g/mol. The fraction of sp³-hybridized carbons (Fsp3) is 0. The van der Waals surface area contributed by atoms with Crippen molar-refractivity contribution in [3.8, 4) is 11.4 Å². The summed E-state index contributed by atoms with van der Waals surface area (Å²) in [6.07, 6.45) is 1.96. The Morgan fingerprint density at radius 2 is 1.57 bits per heavy atom. The van der Waals surface area contributed by atoms with E-state index in [0.717, 1.165) is 31.2 Å². The Morgan fingerprint density at radius 3 is 2.46 bits per heavy atom. The lowest BCUT2D eigenvalue weighted by molar-refractivity contribution is 0.103. The molecule has 0 aliphatic rings. The number of halogens is 1. The Labute approximate surface area is 175 Å². The van der Waals surface area contributed by atoms with E-state index in [1.807, 2.05) is 71.3 Å². The molecule has 0 amide bonds. The first-order chi connectivity index (χ1) is 13.7. The van der Waals surface area contributed by atoms with E-state index in [4.69, 9.17) is 4.98 Å². The molecule has 0 aliphatic carbocycles. The Morgan fingerprint density at radius 1 is 0.821 bits per heavy atom. The molecule has 3 aromatic carbocycles. The molecule has 0 atom stereocenters. The Kier molecular flexibility index (Phi) is 4.20. The number of carbonyl (C=O) groups excluding carboxylic acids is 1. The van der Waals surface area contributed by atoms with Crippen molar-refractivity contribution >= 4 is 44.7 Å². The van der Waals surface area contributed by atoms with E-state index < -0.39 is 0 Å². The number of imidazole rings is 1. The van der Waals surface area contributed by atoms with Gasteiger partial charge in [-0.3, -0.25) is 9.20 Å². The first-order valence-corrected chi connectivity index (χ1v) is 10.1. The van der Waals surface area contributed by atoms with Crippen LogP contribution in [0.25, 0.3) is 27.7 Å². The quantitative estimate of drug-likeness (QED) is 0.238. The van der Waals surface area contributed by atoms with Gasteiger partial charge in [0.15, 0.2) is 0 Å². The van der Waals surface area contributed by atoms with Crippen molar-refractivity contribution in [2.45, 2.75) is 0 Å². The van der Waals surface area contributed by atoms with Crippen LogP contribution in [0.5, 0.6) is 0 Å². The number of hydrogen-bond acceptors (Lipinski definition) is 2. The molecule has 0 saturated heterocycles. The normalized spacial score (nSPS) is 11.2. The lowest BCUT2D eigenvalue weighted by Crippen LogP contribution is -2.04. The summed E-state index contributed by atoms with van der Waals surface area (Å²) in [6.45, 7) is 0. The van der Waals surface area contributed by atoms with Crippen molar-refractivity contribution in [3.63, 3.8) is 0 Å². The van der Waals surface area contributed by atoms with Crippen molar-refractivity contribution in [2.75, 3.05) is 0 Å². The Balaban J connectivity index is 1.79. The van der Waals surface area contributed by atoms with Crippen molar-refractivity contribution in [2.24, 2.45) is 0 Å². The van der Waals surface area contributed by atoms with Gasteiger partial charge in [-0.15, -0.1) is 0 Å². The number of nitrogens with zero attached hydrogens (tertiary/aromatic N) is 2. The molecule has 0 spiro atoms. The number of aromatic nitrogens is 2. The number of carbonyl (C=O) groups is 1. The highest BCUT2D eigenvalue weighted by molar-refractivity contribution is 14.1. The third kappa shape index (κ3) is 2.72. The summed E-state index contributed by atoms with van der Waals surface area (Å²) in [4.78, 5) is 18.1. The van der Waals surface area contributed by atoms with E-state index in [1.165, 1.54) is 0 Å². The number of fused-ring (bicyclic) bond motifs is 2. The number of pyridine rings is 1. The van der Waals surface area contributed by atoms with Gasteiger partial charge in [-0.25, -0.2) is 4.98 Å². The van der Waals surface area contributed by atoms with Crippen LogP contribution in [-0.4, -0.2) is 15.2 Å². The van der Waals surface area contributed by atoms with Crippen LogP contribution >= 0.6 is 22.6 Å². The topological polar surface area (TPSA) is 34.4 Å². The maximum Gasteiger partial charge on any atom is 0.214 e. The minimum Gasteiger partial charge on any atom is -0.299 e. The minimum absolute atomic E-state index is 0.0554. The summed E-state index contributed by atoms with van der Waals surface area (Å²) in [6, 6.07) is 27.9. The van der Waals surface area contributed by atoms with Crippen molar-refractivity contribution in [3.05, 3.63) is 106 Å². The van der Waals surface area contributed by atoms with Crippen LogP contribution in [0.1, 0.15) is 16.1 Å². The van der Waals surface area contributed by atoms with E-state index in [-0.39, 0.29) is 5.78 Å². The summed E-state index contributed by atoms with van der Waals surface area (Å²) < 4.78 is 2.93. The maximum absolute atomic E-state index is 13.3. The molecule has 0 unspecified atom stereocenters. The van der Waals surface area contributed by atoms with Gasteiger partial charge in [0.2, 0.25) is 5.78 Å². The lowest BCUT2D eigenvalue weighted by Gasteiger charge is -2.05. The third-order valence-corrected chi connectivity index (χ3v) is 5.85. The second-order valence-electron chi connectivity index (χ2n) is 6.58. The second kappa shape index (κ2) is 6.87. The smallest absolute Gasteiger partial charge is 0.214 e. The molecule has 2 heterocycles. The molecule has 5 aromatic rings. The van der Waals surface area contributed by atoms with Crippen LogP contribution in [0.15, 0.2) is 91.1 Å². The molecular weight excluding hydrogens is 459 g/mol. The Bertz CT molecular complexity index is 1350. The molecule has 3 nitrogen and oxygen atoms in total. The van der Waals surface area contributed by atoms with E-state index in [0.29, 0.717) is 11.3 Å². The minimum atomic E-state index is -0.0554.